The number of unbranched alkanes of at least 4 members (excludes halogenated alkanes) is 53. The molecule has 0 aromatic carbocycles. The molecule has 6 heteroatoms. The van der Waals surface area contributed by atoms with Crippen LogP contribution in [-0.4, -0.2) is 47.4 Å². The van der Waals surface area contributed by atoms with Crippen molar-refractivity contribution in [1.82, 2.24) is 5.32 Å². The number of amides is 1. The van der Waals surface area contributed by atoms with E-state index in [0.29, 0.717) is 25.9 Å². The second kappa shape index (κ2) is 68.8. The van der Waals surface area contributed by atoms with E-state index < -0.39 is 12.1 Å². The van der Waals surface area contributed by atoms with Crippen LogP contribution in [0.15, 0.2) is 24.3 Å². The molecule has 0 saturated heterocycles. The first-order valence-electron chi connectivity index (χ1n) is 36.1. The Bertz CT molecular complexity index is 1230. The number of carbonyl (C=O) groups excluding carboxylic acids is 2. The molecule has 0 spiro atoms. The van der Waals surface area contributed by atoms with E-state index in [-0.39, 0.29) is 18.5 Å². The van der Waals surface area contributed by atoms with Crippen LogP contribution in [0.5, 0.6) is 0 Å². The molecule has 0 aliphatic rings. The number of hydrogen-bond donors (Lipinski definition) is 3. The Kier molecular flexibility index (Phi) is 67.4. The molecular weight excluding hydrogens is 971 g/mol. The number of nitrogens with one attached hydrogen (secondary N) is 1. The van der Waals surface area contributed by atoms with Gasteiger partial charge in [-0.2, -0.15) is 0 Å². The van der Waals surface area contributed by atoms with Crippen molar-refractivity contribution in [2.75, 3.05) is 13.2 Å². The van der Waals surface area contributed by atoms with Gasteiger partial charge in [0.05, 0.1) is 25.4 Å². The monoisotopic (exact) mass is 1110 g/mol. The highest BCUT2D eigenvalue weighted by atomic mass is 16.5. The van der Waals surface area contributed by atoms with Gasteiger partial charge in [-0.1, -0.05) is 359 Å². The van der Waals surface area contributed by atoms with Crippen LogP contribution in [-0.2, 0) is 14.3 Å². The van der Waals surface area contributed by atoms with E-state index >= 15 is 0 Å². The molecular formula is C73H141NO5. The zero-order valence-corrected chi connectivity index (χ0v) is 53.6. The van der Waals surface area contributed by atoms with Crippen LogP contribution < -0.4 is 5.32 Å². The molecule has 3 N–H and O–H groups in total. The van der Waals surface area contributed by atoms with E-state index in [4.69, 9.17) is 4.74 Å². The molecule has 1 amide bonds. The number of aliphatic hydroxyl groups excluding tert-OH is 2. The van der Waals surface area contributed by atoms with Crippen LogP contribution in [0.4, 0.5) is 0 Å². The number of hydrogen-bond acceptors (Lipinski definition) is 5. The lowest BCUT2D eigenvalue weighted by Gasteiger charge is -2.22. The Morgan fingerprint density at radius 3 is 0.962 bits per heavy atom. The molecule has 0 fully saturated rings. The van der Waals surface area contributed by atoms with Gasteiger partial charge in [0.25, 0.3) is 0 Å². The molecule has 0 aliphatic carbocycles. The van der Waals surface area contributed by atoms with Crippen molar-refractivity contribution in [3.8, 4) is 0 Å². The molecule has 0 saturated carbocycles. The highest BCUT2D eigenvalue weighted by molar-refractivity contribution is 5.76. The summed E-state index contributed by atoms with van der Waals surface area (Å²) in [6, 6.07) is -0.539. The second-order valence-corrected chi connectivity index (χ2v) is 24.9. The van der Waals surface area contributed by atoms with Crippen LogP contribution in [0.2, 0.25) is 0 Å². The lowest BCUT2D eigenvalue weighted by molar-refractivity contribution is -0.143. The molecule has 0 aliphatic heterocycles. The Morgan fingerprint density at radius 1 is 0.354 bits per heavy atom. The summed E-state index contributed by atoms with van der Waals surface area (Å²) in [7, 11) is 0. The maximum absolute atomic E-state index is 12.5. The topological polar surface area (TPSA) is 95.9 Å². The van der Waals surface area contributed by atoms with Crippen LogP contribution in [0, 0.1) is 0 Å². The maximum atomic E-state index is 12.5. The van der Waals surface area contributed by atoms with Gasteiger partial charge in [0.2, 0.25) is 5.91 Å². The van der Waals surface area contributed by atoms with Crippen molar-refractivity contribution < 1.29 is 24.5 Å². The quantitative estimate of drug-likeness (QED) is 0.0320. The van der Waals surface area contributed by atoms with E-state index in [2.05, 4.69) is 43.5 Å². The number of rotatable bonds is 68. The second-order valence-electron chi connectivity index (χ2n) is 24.9. The lowest BCUT2D eigenvalue weighted by Crippen LogP contribution is -2.45. The van der Waals surface area contributed by atoms with Crippen LogP contribution in [0.3, 0.4) is 0 Å². The third-order valence-corrected chi connectivity index (χ3v) is 17.0. The van der Waals surface area contributed by atoms with Gasteiger partial charge in [0.1, 0.15) is 0 Å². The number of aliphatic hydroxyl groups is 2. The van der Waals surface area contributed by atoms with Gasteiger partial charge in [-0.3, -0.25) is 9.59 Å². The first-order valence-corrected chi connectivity index (χ1v) is 36.1. The van der Waals surface area contributed by atoms with E-state index in [0.717, 1.165) is 44.9 Å². The van der Waals surface area contributed by atoms with Crippen molar-refractivity contribution in [2.24, 2.45) is 0 Å². The molecule has 0 heterocycles. The predicted molar refractivity (Wildman–Crippen MR) is 347 cm³/mol. The summed E-state index contributed by atoms with van der Waals surface area (Å²) in [5.41, 5.74) is 0. The summed E-state index contributed by atoms with van der Waals surface area (Å²) in [6.45, 7) is 4.98. The van der Waals surface area contributed by atoms with Gasteiger partial charge in [0.15, 0.2) is 0 Å². The summed E-state index contributed by atoms with van der Waals surface area (Å²) < 4.78 is 5.50. The van der Waals surface area contributed by atoms with Crippen molar-refractivity contribution in [2.45, 2.75) is 418 Å². The first kappa shape index (κ1) is 77.3. The third-order valence-electron chi connectivity index (χ3n) is 17.0. The van der Waals surface area contributed by atoms with E-state index in [9.17, 15) is 19.8 Å². The van der Waals surface area contributed by atoms with Gasteiger partial charge in [0, 0.05) is 12.8 Å². The van der Waals surface area contributed by atoms with E-state index in [1.54, 1.807) is 0 Å². The van der Waals surface area contributed by atoms with Crippen molar-refractivity contribution in [3.05, 3.63) is 24.3 Å². The average molecular weight is 1110 g/mol. The van der Waals surface area contributed by atoms with Crippen LogP contribution in [0.25, 0.3) is 0 Å². The van der Waals surface area contributed by atoms with Gasteiger partial charge >= 0.3 is 5.97 Å². The minimum Gasteiger partial charge on any atom is -0.466 e. The number of ether oxygens (including phenoxy) is 1. The summed E-state index contributed by atoms with van der Waals surface area (Å²) in [5.74, 6) is -0.0127. The molecule has 6 nitrogen and oxygen atoms in total. The zero-order valence-electron chi connectivity index (χ0n) is 53.6. The van der Waals surface area contributed by atoms with Crippen LogP contribution >= 0.6 is 0 Å². The van der Waals surface area contributed by atoms with E-state index in [1.807, 2.05) is 0 Å². The van der Waals surface area contributed by atoms with Gasteiger partial charge in [-0.25, -0.2) is 0 Å². The van der Waals surface area contributed by atoms with E-state index in [1.165, 1.54) is 327 Å². The third kappa shape index (κ3) is 65.4. The molecule has 2 unspecified atom stereocenters. The van der Waals surface area contributed by atoms with Crippen LogP contribution in [0.1, 0.15) is 406 Å². The SMILES string of the molecule is CCCCCCCCCCCCCCCCCCCC(=O)OCCCCCCCCCCC/C=C\C/C=C\CCCCCCCCCCCCCCCCCCCC(=O)NC(CO)C(O)CCCCCCCCCCCCCC. The van der Waals surface area contributed by atoms with Gasteiger partial charge in [-0.15, -0.1) is 0 Å². The van der Waals surface area contributed by atoms with Crippen molar-refractivity contribution in [3.63, 3.8) is 0 Å². The highest BCUT2D eigenvalue weighted by Gasteiger charge is 2.20. The van der Waals surface area contributed by atoms with Gasteiger partial charge in [-0.05, 0) is 57.8 Å². The van der Waals surface area contributed by atoms with Crippen molar-refractivity contribution in [1.29, 1.82) is 0 Å². The highest BCUT2D eigenvalue weighted by Crippen LogP contribution is 2.19. The molecule has 0 radical (unpaired) electrons. The summed E-state index contributed by atoms with van der Waals surface area (Å²) >= 11 is 0. The molecule has 0 aromatic heterocycles. The largest absolute Gasteiger partial charge is 0.466 e. The van der Waals surface area contributed by atoms with Crippen molar-refractivity contribution >= 4 is 11.9 Å². The molecule has 468 valence electrons. The Balaban J connectivity index is 3.35. The van der Waals surface area contributed by atoms with Gasteiger partial charge < -0.3 is 20.3 Å². The Labute approximate surface area is 494 Å². The normalized spacial score (nSPS) is 12.6. The smallest absolute Gasteiger partial charge is 0.305 e. The molecule has 79 heavy (non-hydrogen) atoms. The lowest BCUT2D eigenvalue weighted by atomic mass is 10.0. The number of carbonyl (C=O) groups is 2. The maximum Gasteiger partial charge on any atom is 0.305 e. The number of allylic oxidation sites excluding steroid dienone is 4. The minimum atomic E-state index is -0.661. The summed E-state index contributed by atoms with van der Waals surface area (Å²) in [6.07, 6.45) is 86.7. The molecule has 0 rings (SSSR count). The summed E-state index contributed by atoms with van der Waals surface area (Å²) in [5, 5.41) is 23.3. The molecule has 0 bridgehead atoms. The predicted octanol–water partition coefficient (Wildman–Crippen LogP) is 23.3. The zero-order chi connectivity index (χ0) is 57.1. The Hall–Kier alpha value is -1.66. The fourth-order valence-corrected chi connectivity index (χ4v) is 11.5. The average Bonchev–Trinajstić information content (AvgIpc) is 3.45. The minimum absolute atomic E-state index is 0.0188. The first-order chi connectivity index (χ1) is 39.0. The standard InChI is InChI=1S/C73H141NO5/c1-3-5-7-9-11-13-15-17-18-36-40-43-47-51-55-59-63-67-73(78)79-68-64-60-56-52-48-44-41-38-35-33-31-29-27-25-23-21-19-20-22-24-26-28-30-32-34-37-39-42-46-50-54-58-62-66-72(77)74-70(69-75)71(76)65-61-57-53-49-45-16-14-12-10-8-6-4-2/h23,25,29,31,70-71,75-76H,3-22,24,26-28,30,32-69H2,1-2H3,(H,74,77)/b25-23-,31-29-. The fraction of sp³-hybridized carbons (Fsp3) is 0.918. The molecule has 0 aromatic rings. The summed E-state index contributed by atoms with van der Waals surface area (Å²) in [4.78, 5) is 24.6. The fourth-order valence-electron chi connectivity index (χ4n) is 11.5. The molecule has 2 atom stereocenters. The number of esters is 1. The Morgan fingerprint density at radius 2 is 0.633 bits per heavy atom.